The number of amides is 1. The third-order valence-corrected chi connectivity index (χ3v) is 3.86. The largest absolute Gasteiger partial charge is 0.382 e. The van der Waals surface area contributed by atoms with Crippen LogP contribution in [0.3, 0.4) is 0 Å². The average molecular weight is 305 g/mol. The predicted octanol–water partition coefficient (Wildman–Crippen LogP) is 2.46. The van der Waals surface area contributed by atoms with E-state index in [-0.39, 0.29) is 11.7 Å². The number of nitrogens with one attached hydrogen (secondary N) is 1. The Bertz CT molecular complexity index is 611. The van der Waals surface area contributed by atoms with Gasteiger partial charge in [-0.05, 0) is 18.1 Å². The van der Waals surface area contributed by atoms with Gasteiger partial charge in [-0.2, -0.15) is 0 Å². The minimum atomic E-state index is -0.185. The fourth-order valence-corrected chi connectivity index (χ4v) is 2.54. The van der Waals surface area contributed by atoms with Crippen molar-refractivity contribution >= 4 is 33.9 Å². The molecule has 2 rings (SSSR count). The molecule has 0 aliphatic heterocycles. The van der Waals surface area contributed by atoms with Gasteiger partial charge >= 0.3 is 0 Å². The van der Waals surface area contributed by atoms with Gasteiger partial charge in [0.25, 0.3) is 5.91 Å². The number of anilines is 3. The summed E-state index contributed by atoms with van der Waals surface area (Å²) in [7, 11) is 1.69. The van der Waals surface area contributed by atoms with E-state index in [1.807, 2.05) is 6.07 Å². The first-order valence-corrected chi connectivity index (χ1v) is 7.49. The van der Waals surface area contributed by atoms with E-state index in [1.165, 1.54) is 16.2 Å². The van der Waals surface area contributed by atoms with Crippen molar-refractivity contribution in [1.82, 2.24) is 9.97 Å². The van der Waals surface area contributed by atoms with Crippen molar-refractivity contribution in [3.63, 3.8) is 0 Å². The maximum atomic E-state index is 12.5. The van der Waals surface area contributed by atoms with Crippen molar-refractivity contribution in [2.45, 2.75) is 13.8 Å². The number of hydrogen-bond acceptors (Lipinski definition) is 6. The number of carbonyl (C=O) groups excluding carboxylic acids is 1. The molecule has 0 unspecified atom stereocenters. The summed E-state index contributed by atoms with van der Waals surface area (Å²) in [6.45, 7) is 5.00. The van der Waals surface area contributed by atoms with Crippen LogP contribution in [0.5, 0.6) is 0 Å². The first-order valence-electron chi connectivity index (χ1n) is 6.67. The minimum Gasteiger partial charge on any atom is -0.382 e. The number of hydrogen-bond donors (Lipinski definition) is 2. The number of nitrogens with two attached hydrogens (primary N) is 1. The Kier molecular flexibility index (Phi) is 4.74. The van der Waals surface area contributed by atoms with Crippen LogP contribution in [0.4, 0.5) is 16.6 Å². The highest BCUT2D eigenvalue weighted by atomic mass is 32.1. The molecule has 6 nitrogen and oxygen atoms in total. The summed E-state index contributed by atoms with van der Waals surface area (Å²) in [6, 6.07) is 3.60. The van der Waals surface area contributed by atoms with E-state index in [0.717, 1.165) is 6.54 Å². The van der Waals surface area contributed by atoms with Crippen LogP contribution in [0, 0.1) is 5.92 Å². The molecule has 2 aromatic heterocycles. The summed E-state index contributed by atoms with van der Waals surface area (Å²) < 4.78 is 0. The number of carbonyl (C=O) groups is 1. The number of rotatable bonds is 5. The van der Waals surface area contributed by atoms with Gasteiger partial charge in [-0.3, -0.25) is 9.78 Å². The standard InChI is InChI=1S/C14H19N5OS/c1-9(2)7-17-14-18-12(15)11(21-14)13(20)19(3)10-5-4-6-16-8-10/h4-6,8-9H,7,15H2,1-3H3,(H,17,18). The highest BCUT2D eigenvalue weighted by Gasteiger charge is 2.21. The lowest BCUT2D eigenvalue weighted by Gasteiger charge is -2.15. The van der Waals surface area contributed by atoms with Crippen LogP contribution in [-0.4, -0.2) is 29.5 Å². The van der Waals surface area contributed by atoms with Gasteiger partial charge in [-0.1, -0.05) is 25.2 Å². The number of pyridine rings is 1. The first-order chi connectivity index (χ1) is 9.99. The number of nitrogens with zero attached hydrogens (tertiary/aromatic N) is 3. The van der Waals surface area contributed by atoms with E-state index in [9.17, 15) is 4.79 Å². The molecule has 21 heavy (non-hydrogen) atoms. The van der Waals surface area contributed by atoms with E-state index in [1.54, 1.807) is 25.5 Å². The van der Waals surface area contributed by atoms with Crippen LogP contribution in [0.15, 0.2) is 24.5 Å². The second kappa shape index (κ2) is 6.53. The maximum absolute atomic E-state index is 12.5. The van der Waals surface area contributed by atoms with E-state index in [4.69, 9.17) is 5.73 Å². The molecule has 0 aliphatic rings. The van der Waals surface area contributed by atoms with Gasteiger partial charge in [0.1, 0.15) is 10.7 Å². The molecule has 0 aromatic carbocycles. The molecule has 0 aliphatic carbocycles. The van der Waals surface area contributed by atoms with E-state index < -0.39 is 0 Å². The molecule has 0 spiro atoms. The van der Waals surface area contributed by atoms with Gasteiger partial charge in [-0.25, -0.2) is 4.98 Å². The molecular formula is C14H19N5OS. The second-order valence-corrected chi connectivity index (χ2v) is 6.08. The van der Waals surface area contributed by atoms with Crippen molar-refractivity contribution in [2.24, 2.45) is 5.92 Å². The van der Waals surface area contributed by atoms with E-state index in [0.29, 0.717) is 21.6 Å². The molecule has 2 aromatic rings. The summed E-state index contributed by atoms with van der Waals surface area (Å²) in [5.74, 6) is 0.565. The van der Waals surface area contributed by atoms with Crippen LogP contribution in [-0.2, 0) is 0 Å². The van der Waals surface area contributed by atoms with Gasteiger partial charge in [-0.15, -0.1) is 0 Å². The molecule has 0 fully saturated rings. The molecular weight excluding hydrogens is 286 g/mol. The van der Waals surface area contributed by atoms with Gasteiger partial charge < -0.3 is 16.0 Å². The lowest BCUT2D eigenvalue weighted by molar-refractivity contribution is 0.0997. The third kappa shape index (κ3) is 3.69. The van der Waals surface area contributed by atoms with Crippen LogP contribution in [0.1, 0.15) is 23.5 Å². The van der Waals surface area contributed by atoms with Crippen molar-refractivity contribution in [3.8, 4) is 0 Å². The lowest BCUT2D eigenvalue weighted by Crippen LogP contribution is -2.26. The van der Waals surface area contributed by atoms with Crippen LogP contribution >= 0.6 is 11.3 Å². The third-order valence-electron chi connectivity index (χ3n) is 2.85. The van der Waals surface area contributed by atoms with Crippen molar-refractivity contribution < 1.29 is 4.79 Å². The lowest BCUT2D eigenvalue weighted by atomic mass is 10.2. The Labute approximate surface area is 128 Å². The Morgan fingerprint density at radius 2 is 2.29 bits per heavy atom. The zero-order valence-electron chi connectivity index (χ0n) is 12.3. The van der Waals surface area contributed by atoms with Crippen LogP contribution in [0.25, 0.3) is 0 Å². The van der Waals surface area contributed by atoms with Crippen molar-refractivity contribution in [1.29, 1.82) is 0 Å². The molecule has 2 heterocycles. The summed E-state index contributed by atoms with van der Waals surface area (Å²) in [5.41, 5.74) is 6.58. The SMILES string of the molecule is CC(C)CNc1nc(N)c(C(=O)N(C)c2cccnc2)s1. The molecule has 0 atom stereocenters. The van der Waals surface area contributed by atoms with Gasteiger partial charge in [0.05, 0.1) is 11.9 Å². The van der Waals surface area contributed by atoms with Gasteiger partial charge in [0.15, 0.2) is 5.13 Å². The smallest absolute Gasteiger partial charge is 0.272 e. The highest BCUT2D eigenvalue weighted by molar-refractivity contribution is 7.18. The molecule has 0 radical (unpaired) electrons. The van der Waals surface area contributed by atoms with Gasteiger partial charge in [0.2, 0.25) is 0 Å². The van der Waals surface area contributed by atoms with Crippen LogP contribution in [0.2, 0.25) is 0 Å². The molecule has 0 bridgehead atoms. The van der Waals surface area contributed by atoms with E-state index in [2.05, 4.69) is 29.1 Å². The number of nitrogen functional groups attached to an aromatic ring is 1. The predicted molar refractivity (Wildman–Crippen MR) is 86.8 cm³/mol. The Morgan fingerprint density at radius 3 is 2.90 bits per heavy atom. The first kappa shape index (κ1) is 15.2. The zero-order chi connectivity index (χ0) is 15.4. The summed E-state index contributed by atoms with van der Waals surface area (Å²) in [4.78, 5) is 22.6. The Morgan fingerprint density at radius 1 is 1.52 bits per heavy atom. The topological polar surface area (TPSA) is 84.1 Å². The zero-order valence-corrected chi connectivity index (χ0v) is 13.1. The second-order valence-electron chi connectivity index (χ2n) is 5.08. The molecule has 1 amide bonds. The van der Waals surface area contributed by atoms with E-state index >= 15 is 0 Å². The molecule has 3 N–H and O–H groups in total. The fourth-order valence-electron chi connectivity index (χ4n) is 1.67. The average Bonchev–Trinajstić information content (AvgIpc) is 2.85. The van der Waals surface area contributed by atoms with Crippen LogP contribution < -0.4 is 16.0 Å². The normalized spacial score (nSPS) is 10.7. The molecule has 7 heteroatoms. The number of thiazole rings is 1. The van der Waals surface area contributed by atoms with Gasteiger partial charge in [0, 0.05) is 19.8 Å². The monoisotopic (exact) mass is 305 g/mol. The highest BCUT2D eigenvalue weighted by Crippen LogP contribution is 2.27. The molecule has 0 saturated carbocycles. The summed E-state index contributed by atoms with van der Waals surface area (Å²) >= 11 is 1.27. The number of aromatic nitrogens is 2. The summed E-state index contributed by atoms with van der Waals surface area (Å²) in [5, 5.41) is 3.85. The minimum absolute atomic E-state index is 0.185. The van der Waals surface area contributed by atoms with Crippen molar-refractivity contribution in [2.75, 3.05) is 29.5 Å². The molecule has 112 valence electrons. The quantitative estimate of drug-likeness (QED) is 0.886. The maximum Gasteiger partial charge on any atom is 0.272 e. The molecule has 0 saturated heterocycles. The summed E-state index contributed by atoms with van der Waals surface area (Å²) in [6.07, 6.45) is 3.30. The Hall–Kier alpha value is -2.15. The fraction of sp³-hybridized carbons (Fsp3) is 0.357. The Balaban J connectivity index is 2.16. The van der Waals surface area contributed by atoms with Crippen molar-refractivity contribution in [3.05, 3.63) is 29.4 Å².